The predicted octanol–water partition coefficient (Wildman–Crippen LogP) is 4.97. The Hall–Kier alpha value is -3.53. The molecule has 4 aromatic rings. The van der Waals surface area contributed by atoms with Gasteiger partial charge < -0.3 is 25.6 Å². The summed E-state index contributed by atoms with van der Waals surface area (Å²) < 4.78 is 8.12. The molecular weight excluding hydrogens is 524 g/mol. The summed E-state index contributed by atoms with van der Waals surface area (Å²) in [5.41, 5.74) is 9.05. The van der Waals surface area contributed by atoms with E-state index in [4.69, 9.17) is 15.6 Å². The van der Waals surface area contributed by atoms with Crippen LogP contribution in [0.15, 0.2) is 60.9 Å². The Morgan fingerprint density at radius 2 is 1.48 bits per heavy atom. The highest BCUT2D eigenvalue weighted by Crippen LogP contribution is 2.36. The van der Waals surface area contributed by atoms with Crippen molar-refractivity contribution in [1.29, 1.82) is 0 Å². The van der Waals surface area contributed by atoms with Crippen LogP contribution in [-0.4, -0.2) is 81.4 Å². The molecule has 0 saturated carbocycles. The quantitative estimate of drug-likeness (QED) is 0.324. The lowest BCUT2D eigenvalue weighted by Gasteiger charge is -2.42. The van der Waals surface area contributed by atoms with Crippen LogP contribution >= 0.6 is 0 Å². The molecule has 0 radical (unpaired) electrons. The standard InChI is InChI=1S/C33H42N8O/c34-32-30-31(25-6-8-29(9-7-25)42-28-4-2-1-3-5-28)38-41(33(30)37-23-36-32)27-14-20-40(21-15-27)26-12-18-39(19-13-26)22-24-10-16-35-17-11-24/h1-9,23-24,26-27,35H,10-22H2,(H2,34,36,37). The van der Waals surface area contributed by atoms with Gasteiger partial charge in [0.15, 0.2) is 5.65 Å². The molecule has 3 fully saturated rings. The second-order valence-corrected chi connectivity index (χ2v) is 12.2. The van der Waals surface area contributed by atoms with E-state index in [9.17, 15) is 0 Å². The summed E-state index contributed by atoms with van der Waals surface area (Å²) in [5.74, 6) is 2.94. The summed E-state index contributed by atoms with van der Waals surface area (Å²) in [6, 6.07) is 18.8. The van der Waals surface area contributed by atoms with Gasteiger partial charge in [0.25, 0.3) is 0 Å². The molecule has 2 aromatic carbocycles. The van der Waals surface area contributed by atoms with E-state index in [-0.39, 0.29) is 0 Å². The van der Waals surface area contributed by atoms with Gasteiger partial charge >= 0.3 is 0 Å². The average Bonchev–Trinajstić information content (AvgIpc) is 3.44. The monoisotopic (exact) mass is 566 g/mol. The van der Waals surface area contributed by atoms with Crippen LogP contribution < -0.4 is 15.8 Å². The van der Waals surface area contributed by atoms with Crippen LogP contribution in [0.4, 0.5) is 5.82 Å². The van der Waals surface area contributed by atoms with Gasteiger partial charge in [-0.15, -0.1) is 0 Å². The Labute approximate surface area is 248 Å². The van der Waals surface area contributed by atoms with E-state index in [0.29, 0.717) is 17.9 Å². The Kier molecular flexibility index (Phi) is 8.04. The molecule has 9 heteroatoms. The largest absolute Gasteiger partial charge is 0.457 e. The maximum absolute atomic E-state index is 6.41. The number of nitrogens with one attached hydrogen (secondary N) is 1. The number of anilines is 1. The number of aromatic nitrogens is 4. The number of hydrogen-bond acceptors (Lipinski definition) is 8. The fraction of sp³-hybridized carbons (Fsp3) is 0.485. The minimum Gasteiger partial charge on any atom is -0.457 e. The van der Waals surface area contributed by atoms with E-state index in [1.165, 1.54) is 58.4 Å². The summed E-state index contributed by atoms with van der Waals surface area (Å²) in [7, 11) is 0. The first-order chi connectivity index (χ1) is 20.7. The van der Waals surface area contributed by atoms with Gasteiger partial charge in [-0.25, -0.2) is 14.6 Å². The smallest absolute Gasteiger partial charge is 0.164 e. The molecule has 42 heavy (non-hydrogen) atoms. The molecule has 220 valence electrons. The van der Waals surface area contributed by atoms with Crippen LogP contribution in [-0.2, 0) is 0 Å². The van der Waals surface area contributed by atoms with Crippen molar-refractivity contribution in [2.75, 3.05) is 51.5 Å². The van der Waals surface area contributed by atoms with Crippen LogP contribution in [0.25, 0.3) is 22.3 Å². The molecule has 3 aliphatic heterocycles. The zero-order chi connectivity index (χ0) is 28.3. The summed E-state index contributed by atoms with van der Waals surface area (Å²) >= 11 is 0. The topological polar surface area (TPSA) is 97.4 Å². The summed E-state index contributed by atoms with van der Waals surface area (Å²) in [6.07, 6.45) is 8.95. The first-order valence-corrected chi connectivity index (χ1v) is 15.7. The number of likely N-dealkylation sites (tertiary alicyclic amines) is 2. The SMILES string of the molecule is Nc1ncnc2c1c(-c1ccc(Oc3ccccc3)cc1)nn2C1CCN(C2CCN(CC3CCNCC3)CC2)CC1. The van der Waals surface area contributed by atoms with Crippen molar-refractivity contribution in [3.63, 3.8) is 0 Å². The molecule has 3 N–H and O–H groups in total. The van der Waals surface area contributed by atoms with Gasteiger partial charge in [0.2, 0.25) is 0 Å². The van der Waals surface area contributed by atoms with Crippen molar-refractivity contribution in [2.45, 2.75) is 50.6 Å². The van der Waals surface area contributed by atoms with Gasteiger partial charge in [-0.3, -0.25) is 0 Å². The fourth-order valence-electron chi connectivity index (χ4n) is 7.15. The third-order valence-corrected chi connectivity index (χ3v) is 9.52. The Morgan fingerprint density at radius 3 is 2.21 bits per heavy atom. The average molecular weight is 567 g/mol. The Balaban J connectivity index is 1.01. The van der Waals surface area contributed by atoms with Crippen molar-refractivity contribution >= 4 is 16.9 Å². The number of ether oxygens (including phenoxy) is 1. The number of nitrogens with zero attached hydrogens (tertiary/aromatic N) is 6. The van der Waals surface area contributed by atoms with E-state index in [1.807, 2.05) is 54.6 Å². The molecule has 0 spiro atoms. The molecule has 3 aliphatic rings. The van der Waals surface area contributed by atoms with Crippen molar-refractivity contribution in [3.8, 4) is 22.8 Å². The number of hydrogen-bond donors (Lipinski definition) is 2. The van der Waals surface area contributed by atoms with Crippen molar-refractivity contribution in [3.05, 3.63) is 60.9 Å². The summed E-state index contributed by atoms with van der Waals surface area (Å²) in [5, 5.41) is 9.46. The van der Waals surface area contributed by atoms with Crippen LogP contribution in [0, 0.1) is 5.92 Å². The third-order valence-electron chi connectivity index (χ3n) is 9.52. The molecule has 0 atom stereocenters. The molecule has 5 heterocycles. The lowest BCUT2D eigenvalue weighted by atomic mass is 9.94. The van der Waals surface area contributed by atoms with E-state index in [1.54, 1.807) is 6.33 Å². The highest BCUT2D eigenvalue weighted by Gasteiger charge is 2.31. The van der Waals surface area contributed by atoms with Gasteiger partial charge in [0.1, 0.15) is 29.3 Å². The highest BCUT2D eigenvalue weighted by atomic mass is 16.5. The van der Waals surface area contributed by atoms with E-state index in [0.717, 1.165) is 65.6 Å². The van der Waals surface area contributed by atoms with Crippen molar-refractivity contribution in [1.82, 2.24) is 34.9 Å². The van der Waals surface area contributed by atoms with Crippen molar-refractivity contribution in [2.24, 2.45) is 5.92 Å². The first kappa shape index (κ1) is 27.3. The molecule has 0 bridgehead atoms. The van der Waals surface area contributed by atoms with Gasteiger partial charge in [-0.05, 0) is 107 Å². The molecule has 7 rings (SSSR count). The summed E-state index contributed by atoms with van der Waals surface area (Å²) in [6.45, 7) is 8.37. The van der Waals surface area contributed by atoms with E-state index in [2.05, 4.69) is 29.8 Å². The van der Waals surface area contributed by atoms with Gasteiger partial charge in [-0.2, -0.15) is 5.10 Å². The van der Waals surface area contributed by atoms with Gasteiger partial charge in [0.05, 0.1) is 11.4 Å². The molecule has 3 saturated heterocycles. The number of rotatable bonds is 7. The Bertz CT molecular complexity index is 1450. The molecular formula is C33H42N8O. The molecule has 2 aromatic heterocycles. The minimum absolute atomic E-state index is 0.299. The minimum atomic E-state index is 0.299. The Morgan fingerprint density at radius 1 is 0.786 bits per heavy atom. The molecule has 0 amide bonds. The van der Waals surface area contributed by atoms with Crippen molar-refractivity contribution < 1.29 is 4.74 Å². The number of para-hydroxylation sites is 1. The van der Waals surface area contributed by atoms with Gasteiger partial charge in [-0.1, -0.05) is 18.2 Å². The number of benzene rings is 2. The maximum Gasteiger partial charge on any atom is 0.164 e. The third kappa shape index (κ3) is 5.86. The second-order valence-electron chi connectivity index (χ2n) is 12.2. The molecule has 9 nitrogen and oxygen atoms in total. The zero-order valence-electron chi connectivity index (χ0n) is 24.4. The van der Waals surface area contributed by atoms with Crippen LogP contribution in [0.2, 0.25) is 0 Å². The van der Waals surface area contributed by atoms with Crippen LogP contribution in [0.5, 0.6) is 11.5 Å². The van der Waals surface area contributed by atoms with Gasteiger partial charge in [0, 0.05) is 31.2 Å². The normalized spacial score (nSPS) is 20.3. The predicted molar refractivity (Wildman–Crippen MR) is 167 cm³/mol. The highest BCUT2D eigenvalue weighted by molar-refractivity contribution is 5.98. The molecule has 0 aliphatic carbocycles. The lowest BCUT2D eigenvalue weighted by Crippen LogP contribution is -2.49. The van der Waals surface area contributed by atoms with Crippen LogP contribution in [0.3, 0.4) is 0 Å². The van der Waals surface area contributed by atoms with E-state index < -0.39 is 0 Å². The molecule has 0 unspecified atom stereocenters. The van der Waals surface area contributed by atoms with E-state index >= 15 is 0 Å². The lowest BCUT2D eigenvalue weighted by molar-refractivity contribution is 0.0702. The number of nitrogens with two attached hydrogens (primary N) is 1. The first-order valence-electron chi connectivity index (χ1n) is 15.7. The summed E-state index contributed by atoms with van der Waals surface area (Å²) in [4.78, 5) is 14.4. The maximum atomic E-state index is 6.41. The number of nitrogen functional groups attached to an aromatic ring is 1. The van der Waals surface area contributed by atoms with Crippen LogP contribution in [0.1, 0.15) is 44.6 Å². The number of fused-ring (bicyclic) bond motifs is 1. The zero-order valence-corrected chi connectivity index (χ0v) is 24.4. The second kappa shape index (κ2) is 12.4. The fourth-order valence-corrected chi connectivity index (χ4v) is 7.15. The number of piperidine rings is 3.